The highest BCUT2D eigenvalue weighted by atomic mass is 19.1. The number of carbonyl (C=O) groups is 2. The minimum Gasteiger partial charge on any atom is -0.491 e. The second-order valence-corrected chi connectivity index (χ2v) is 5.27. The Bertz CT molecular complexity index is 755. The maximum atomic E-state index is 14.4. The first-order chi connectivity index (χ1) is 11.6. The highest BCUT2D eigenvalue weighted by Crippen LogP contribution is 2.36. The molecule has 0 spiro atoms. The van der Waals surface area contributed by atoms with E-state index >= 15 is 0 Å². The van der Waals surface area contributed by atoms with Gasteiger partial charge in [0.1, 0.15) is 11.4 Å². The Labute approximate surface area is 138 Å². The Morgan fingerprint density at radius 2 is 1.62 bits per heavy atom. The predicted molar refractivity (Wildman–Crippen MR) is 86.0 cm³/mol. The Morgan fingerprint density at radius 3 is 2.25 bits per heavy atom. The van der Waals surface area contributed by atoms with Gasteiger partial charge in [0, 0.05) is 20.1 Å². The monoisotopic (exact) mass is 329 g/mol. The quantitative estimate of drug-likeness (QED) is 0.604. The first-order valence-electron chi connectivity index (χ1n) is 7.53. The molecule has 1 aliphatic heterocycles. The Hall–Kier alpha value is -2.73. The standard InChI is InChI=1S/C18H16FNO4/c1-23-10-5-11-24-15-9-4-8-14(19)16(15)20-17(21)12-6-2-3-7-13(12)18(20)22/h2-4,6-9H,5,10-11H2,1H3. The highest BCUT2D eigenvalue weighted by molar-refractivity contribution is 6.34. The van der Waals surface area contributed by atoms with Crippen molar-refractivity contribution in [3.63, 3.8) is 0 Å². The van der Waals surface area contributed by atoms with Gasteiger partial charge in [-0.1, -0.05) is 18.2 Å². The summed E-state index contributed by atoms with van der Waals surface area (Å²) in [6, 6.07) is 10.6. The number of ether oxygens (including phenoxy) is 2. The number of rotatable bonds is 6. The summed E-state index contributed by atoms with van der Waals surface area (Å²) in [4.78, 5) is 25.9. The van der Waals surface area contributed by atoms with Gasteiger partial charge < -0.3 is 9.47 Å². The Morgan fingerprint density at radius 1 is 0.958 bits per heavy atom. The molecule has 0 saturated carbocycles. The predicted octanol–water partition coefficient (Wildman–Crippen LogP) is 3.04. The van der Waals surface area contributed by atoms with Gasteiger partial charge in [-0.05, 0) is 24.3 Å². The molecule has 2 aromatic carbocycles. The number of anilines is 1. The number of hydrogen-bond acceptors (Lipinski definition) is 4. The van der Waals surface area contributed by atoms with Crippen LogP contribution in [0, 0.1) is 5.82 Å². The lowest BCUT2D eigenvalue weighted by Crippen LogP contribution is -2.30. The average Bonchev–Trinajstić information content (AvgIpc) is 2.84. The molecular weight excluding hydrogens is 313 g/mol. The van der Waals surface area contributed by atoms with Crippen LogP contribution in [0.5, 0.6) is 5.75 Å². The SMILES string of the molecule is COCCCOc1cccc(F)c1N1C(=O)c2ccccc2C1=O. The molecule has 0 fully saturated rings. The smallest absolute Gasteiger partial charge is 0.266 e. The van der Waals surface area contributed by atoms with Crippen molar-refractivity contribution >= 4 is 17.5 Å². The Balaban J connectivity index is 1.95. The van der Waals surface area contributed by atoms with Crippen molar-refractivity contribution in [3.05, 3.63) is 59.4 Å². The summed E-state index contributed by atoms with van der Waals surface area (Å²) in [5.74, 6) is -1.64. The second kappa shape index (κ2) is 6.80. The number of benzene rings is 2. The van der Waals surface area contributed by atoms with Gasteiger partial charge in [-0.25, -0.2) is 9.29 Å². The lowest BCUT2D eigenvalue weighted by atomic mass is 10.1. The molecule has 6 heteroatoms. The van der Waals surface area contributed by atoms with Crippen LogP contribution < -0.4 is 9.64 Å². The van der Waals surface area contributed by atoms with Crippen molar-refractivity contribution in [2.45, 2.75) is 6.42 Å². The lowest BCUT2D eigenvalue weighted by molar-refractivity contribution is 0.0923. The maximum absolute atomic E-state index is 14.4. The summed E-state index contributed by atoms with van der Waals surface area (Å²) in [5, 5.41) is 0. The van der Waals surface area contributed by atoms with Crippen LogP contribution in [0.3, 0.4) is 0 Å². The van der Waals surface area contributed by atoms with E-state index in [4.69, 9.17) is 9.47 Å². The number of fused-ring (bicyclic) bond motifs is 1. The molecule has 3 rings (SSSR count). The molecule has 5 nitrogen and oxygen atoms in total. The number of halogens is 1. The van der Waals surface area contributed by atoms with Crippen LogP contribution in [0.4, 0.5) is 10.1 Å². The summed E-state index contributed by atoms with van der Waals surface area (Å²) >= 11 is 0. The summed E-state index contributed by atoms with van der Waals surface area (Å²) in [7, 11) is 1.58. The third-order valence-electron chi connectivity index (χ3n) is 3.72. The van der Waals surface area contributed by atoms with E-state index in [1.807, 2.05) is 0 Å². The number of nitrogens with zero attached hydrogens (tertiary/aromatic N) is 1. The molecule has 2 amide bonds. The zero-order valence-corrected chi connectivity index (χ0v) is 13.1. The molecule has 0 radical (unpaired) electrons. The zero-order valence-electron chi connectivity index (χ0n) is 13.1. The van der Waals surface area contributed by atoms with Crippen molar-refractivity contribution in [3.8, 4) is 5.75 Å². The zero-order chi connectivity index (χ0) is 17.1. The van der Waals surface area contributed by atoms with Crippen molar-refractivity contribution in [2.75, 3.05) is 25.2 Å². The van der Waals surface area contributed by atoms with Gasteiger partial charge in [0.2, 0.25) is 0 Å². The summed E-state index contributed by atoms with van der Waals surface area (Å²) in [6.45, 7) is 0.783. The number of methoxy groups -OCH3 is 1. The first-order valence-corrected chi connectivity index (χ1v) is 7.53. The number of hydrogen-bond donors (Lipinski definition) is 0. The van der Waals surface area contributed by atoms with Gasteiger partial charge in [0.15, 0.2) is 5.82 Å². The fourth-order valence-electron chi connectivity index (χ4n) is 2.61. The van der Waals surface area contributed by atoms with E-state index in [2.05, 4.69) is 0 Å². The van der Waals surface area contributed by atoms with Crippen LogP contribution in [0.2, 0.25) is 0 Å². The van der Waals surface area contributed by atoms with Crippen LogP contribution in [0.1, 0.15) is 27.1 Å². The van der Waals surface area contributed by atoms with Gasteiger partial charge in [0.25, 0.3) is 11.8 Å². The highest BCUT2D eigenvalue weighted by Gasteiger charge is 2.39. The van der Waals surface area contributed by atoms with E-state index < -0.39 is 17.6 Å². The normalized spacial score (nSPS) is 13.3. The van der Waals surface area contributed by atoms with E-state index in [9.17, 15) is 14.0 Å². The van der Waals surface area contributed by atoms with Crippen molar-refractivity contribution < 1.29 is 23.5 Å². The van der Waals surface area contributed by atoms with E-state index in [0.29, 0.717) is 13.0 Å². The van der Waals surface area contributed by atoms with Gasteiger partial charge >= 0.3 is 0 Å². The summed E-state index contributed by atoms with van der Waals surface area (Å²) in [5.41, 5.74) is 0.369. The van der Waals surface area contributed by atoms with Crippen LogP contribution >= 0.6 is 0 Å². The Kier molecular flexibility index (Phi) is 4.57. The third kappa shape index (κ3) is 2.76. The van der Waals surface area contributed by atoms with Gasteiger partial charge in [-0.2, -0.15) is 0 Å². The molecule has 2 aromatic rings. The lowest BCUT2D eigenvalue weighted by Gasteiger charge is -2.19. The van der Waals surface area contributed by atoms with Crippen LogP contribution in [-0.4, -0.2) is 32.1 Å². The molecular formula is C18H16FNO4. The van der Waals surface area contributed by atoms with E-state index in [1.165, 1.54) is 18.2 Å². The minimum atomic E-state index is -0.686. The van der Waals surface area contributed by atoms with Crippen molar-refractivity contribution in [1.29, 1.82) is 0 Å². The summed E-state index contributed by atoms with van der Waals surface area (Å²) < 4.78 is 24.9. The molecule has 0 N–H and O–H groups in total. The average molecular weight is 329 g/mol. The van der Waals surface area contributed by atoms with Crippen molar-refractivity contribution in [1.82, 2.24) is 0 Å². The number of amides is 2. The molecule has 0 atom stereocenters. The van der Waals surface area contributed by atoms with E-state index in [1.54, 1.807) is 31.4 Å². The van der Waals surface area contributed by atoms with Crippen LogP contribution in [0.15, 0.2) is 42.5 Å². The number of imide groups is 1. The molecule has 0 aromatic heterocycles. The molecule has 1 heterocycles. The number of para-hydroxylation sites is 1. The molecule has 0 bridgehead atoms. The molecule has 1 aliphatic rings. The third-order valence-corrected chi connectivity index (χ3v) is 3.72. The molecule has 24 heavy (non-hydrogen) atoms. The van der Waals surface area contributed by atoms with E-state index in [-0.39, 0.29) is 29.2 Å². The molecule has 124 valence electrons. The van der Waals surface area contributed by atoms with Crippen molar-refractivity contribution in [2.24, 2.45) is 0 Å². The van der Waals surface area contributed by atoms with E-state index in [0.717, 1.165) is 4.90 Å². The summed E-state index contributed by atoms with van der Waals surface area (Å²) in [6.07, 6.45) is 0.606. The first kappa shape index (κ1) is 16.1. The fraction of sp³-hybridized carbons (Fsp3) is 0.222. The molecule has 0 aliphatic carbocycles. The number of carbonyl (C=O) groups excluding carboxylic acids is 2. The van der Waals surface area contributed by atoms with Crippen LogP contribution in [0.25, 0.3) is 0 Å². The fourth-order valence-corrected chi connectivity index (χ4v) is 2.61. The van der Waals surface area contributed by atoms with Gasteiger partial charge in [0.05, 0.1) is 17.7 Å². The molecule has 0 saturated heterocycles. The minimum absolute atomic E-state index is 0.152. The maximum Gasteiger partial charge on any atom is 0.266 e. The second-order valence-electron chi connectivity index (χ2n) is 5.27. The largest absolute Gasteiger partial charge is 0.491 e. The topological polar surface area (TPSA) is 55.8 Å². The molecule has 0 unspecified atom stereocenters. The van der Waals surface area contributed by atoms with Gasteiger partial charge in [-0.15, -0.1) is 0 Å². The van der Waals surface area contributed by atoms with Gasteiger partial charge in [-0.3, -0.25) is 9.59 Å². The van der Waals surface area contributed by atoms with Crippen LogP contribution in [-0.2, 0) is 4.74 Å².